The number of Topliss-reactive ketones (excluding diaryl/α,β-unsaturated/α-hetero) is 1. The Balaban J connectivity index is 2.01. The molecule has 0 aliphatic rings. The van der Waals surface area contributed by atoms with E-state index in [-0.39, 0.29) is 5.78 Å². The lowest BCUT2D eigenvalue weighted by molar-refractivity contribution is 0.101. The SMILES string of the molecule is CC(=O)c1ccc2ccccc2c1OCc1csc(C)n1. The summed E-state index contributed by atoms with van der Waals surface area (Å²) in [7, 11) is 0. The molecule has 0 saturated heterocycles. The number of carbonyl (C=O) groups excluding carboxylic acids is 1. The number of carbonyl (C=O) groups is 1. The van der Waals surface area contributed by atoms with Gasteiger partial charge in [0.1, 0.15) is 12.4 Å². The summed E-state index contributed by atoms with van der Waals surface area (Å²) in [6, 6.07) is 11.7. The fraction of sp³-hybridized carbons (Fsp3) is 0.176. The van der Waals surface area contributed by atoms with Gasteiger partial charge >= 0.3 is 0 Å². The molecule has 0 amide bonds. The summed E-state index contributed by atoms with van der Waals surface area (Å²) in [5.41, 5.74) is 1.50. The lowest BCUT2D eigenvalue weighted by Crippen LogP contribution is -2.02. The summed E-state index contributed by atoms with van der Waals surface area (Å²) in [5, 5.41) is 5.01. The van der Waals surface area contributed by atoms with Crippen LogP contribution < -0.4 is 4.74 Å². The third kappa shape index (κ3) is 2.81. The van der Waals surface area contributed by atoms with Crippen LogP contribution in [-0.2, 0) is 6.61 Å². The second-order valence-corrected chi connectivity index (χ2v) is 5.93. The van der Waals surface area contributed by atoms with Crippen LogP contribution in [0.5, 0.6) is 5.75 Å². The van der Waals surface area contributed by atoms with Crippen molar-refractivity contribution in [1.82, 2.24) is 4.98 Å². The Bertz CT molecular complexity index is 807. The molecule has 4 heteroatoms. The Labute approximate surface area is 127 Å². The van der Waals surface area contributed by atoms with Crippen molar-refractivity contribution >= 4 is 27.9 Å². The van der Waals surface area contributed by atoms with Gasteiger partial charge in [-0.05, 0) is 25.3 Å². The summed E-state index contributed by atoms with van der Waals surface area (Å²) in [4.78, 5) is 16.2. The van der Waals surface area contributed by atoms with Crippen LogP contribution in [0.4, 0.5) is 0 Å². The molecule has 0 atom stereocenters. The minimum atomic E-state index is 0.00483. The molecule has 0 aliphatic carbocycles. The zero-order chi connectivity index (χ0) is 14.8. The van der Waals surface area contributed by atoms with Gasteiger partial charge in [0.05, 0.1) is 16.3 Å². The molecule has 0 radical (unpaired) electrons. The average molecular weight is 297 g/mol. The number of benzene rings is 2. The quantitative estimate of drug-likeness (QED) is 0.671. The van der Waals surface area contributed by atoms with E-state index in [2.05, 4.69) is 4.98 Å². The lowest BCUT2D eigenvalue weighted by atomic mass is 10.0. The number of nitrogens with zero attached hydrogens (tertiary/aromatic N) is 1. The number of aryl methyl sites for hydroxylation is 1. The Morgan fingerprint density at radius 3 is 2.76 bits per heavy atom. The molecule has 0 spiro atoms. The number of aromatic nitrogens is 1. The van der Waals surface area contributed by atoms with Gasteiger partial charge in [0, 0.05) is 10.8 Å². The highest BCUT2D eigenvalue weighted by Crippen LogP contribution is 2.31. The van der Waals surface area contributed by atoms with E-state index >= 15 is 0 Å². The Kier molecular flexibility index (Phi) is 3.71. The molecule has 0 fully saturated rings. The van der Waals surface area contributed by atoms with Crippen LogP contribution in [0.3, 0.4) is 0 Å². The van der Waals surface area contributed by atoms with Gasteiger partial charge in [-0.15, -0.1) is 11.3 Å². The molecule has 3 nitrogen and oxygen atoms in total. The molecule has 3 rings (SSSR count). The molecule has 3 aromatic rings. The first-order valence-electron chi connectivity index (χ1n) is 6.71. The molecule has 0 N–H and O–H groups in total. The predicted octanol–water partition coefficient (Wildman–Crippen LogP) is 4.39. The first-order valence-corrected chi connectivity index (χ1v) is 7.59. The maximum absolute atomic E-state index is 11.8. The van der Waals surface area contributed by atoms with Crippen LogP contribution in [0.15, 0.2) is 41.8 Å². The molecular formula is C17H15NO2S. The Morgan fingerprint density at radius 2 is 2.05 bits per heavy atom. The standard InChI is InChI=1S/C17H15NO2S/c1-11(19)15-8-7-13-5-3-4-6-16(13)17(15)20-9-14-10-21-12(2)18-14/h3-8,10H,9H2,1-2H3. The van der Waals surface area contributed by atoms with Crippen molar-refractivity contribution in [3.63, 3.8) is 0 Å². The first-order chi connectivity index (χ1) is 10.1. The van der Waals surface area contributed by atoms with Crippen LogP contribution in [0.25, 0.3) is 10.8 Å². The molecule has 2 aromatic carbocycles. The second kappa shape index (κ2) is 5.66. The van der Waals surface area contributed by atoms with Crippen molar-refractivity contribution < 1.29 is 9.53 Å². The third-order valence-corrected chi connectivity index (χ3v) is 4.11. The van der Waals surface area contributed by atoms with Gasteiger partial charge in [-0.3, -0.25) is 4.79 Å². The zero-order valence-electron chi connectivity index (χ0n) is 11.9. The highest BCUT2D eigenvalue weighted by Gasteiger charge is 2.13. The number of thiazole rings is 1. The summed E-state index contributed by atoms with van der Waals surface area (Å²) in [6.45, 7) is 3.90. The van der Waals surface area contributed by atoms with Gasteiger partial charge < -0.3 is 4.74 Å². The van der Waals surface area contributed by atoms with Crippen molar-refractivity contribution in [1.29, 1.82) is 0 Å². The molecule has 0 aliphatic heterocycles. The Morgan fingerprint density at radius 1 is 1.24 bits per heavy atom. The molecule has 0 bridgehead atoms. The van der Waals surface area contributed by atoms with Crippen LogP contribution in [0.1, 0.15) is 28.0 Å². The third-order valence-electron chi connectivity index (χ3n) is 3.29. The first kappa shape index (κ1) is 13.8. The fourth-order valence-corrected chi connectivity index (χ4v) is 2.89. The molecule has 1 heterocycles. The van der Waals surface area contributed by atoms with Gasteiger partial charge in [0.15, 0.2) is 5.78 Å². The van der Waals surface area contributed by atoms with Crippen molar-refractivity contribution in [3.05, 3.63) is 58.0 Å². The van der Waals surface area contributed by atoms with Crippen LogP contribution in [0, 0.1) is 6.92 Å². The highest BCUT2D eigenvalue weighted by molar-refractivity contribution is 7.09. The van der Waals surface area contributed by atoms with Crippen LogP contribution in [-0.4, -0.2) is 10.8 Å². The molecular weight excluding hydrogens is 282 g/mol. The van der Waals surface area contributed by atoms with E-state index in [9.17, 15) is 4.79 Å². The smallest absolute Gasteiger partial charge is 0.163 e. The topological polar surface area (TPSA) is 39.2 Å². The van der Waals surface area contributed by atoms with Crippen LogP contribution in [0.2, 0.25) is 0 Å². The van der Waals surface area contributed by atoms with Gasteiger partial charge in [0.25, 0.3) is 0 Å². The zero-order valence-corrected chi connectivity index (χ0v) is 12.7. The number of fused-ring (bicyclic) bond motifs is 1. The minimum absolute atomic E-state index is 0.00483. The van der Waals surface area contributed by atoms with Crippen molar-refractivity contribution in [2.75, 3.05) is 0 Å². The second-order valence-electron chi connectivity index (χ2n) is 4.87. The largest absolute Gasteiger partial charge is 0.486 e. The molecule has 0 unspecified atom stereocenters. The van der Waals surface area contributed by atoms with Gasteiger partial charge in [-0.25, -0.2) is 4.98 Å². The Hall–Kier alpha value is -2.20. The lowest BCUT2D eigenvalue weighted by Gasteiger charge is -2.12. The van der Waals surface area contributed by atoms with Gasteiger partial charge in [-0.2, -0.15) is 0 Å². The average Bonchev–Trinajstić information content (AvgIpc) is 2.90. The number of hydrogen-bond donors (Lipinski definition) is 0. The molecule has 0 saturated carbocycles. The van der Waals surface area contributed by atoms with E-state index < -0.39 is 0 Å². The summed E-state index contributed by atoms with van der Waals surface area (Å²) < 4.78 is 5.93. The normalized spacial score (nSPS) is 10.8. The monoisotopic (exact) mass is 297 g/mol. The summed E-state index contributed by atoms with van der Waals surface area (Å²) in [6.07, 6.45) is 0. The summed E-state index contributed by atoms with van der Waals surface area (Å²) in [5.74, 6) is 0.650. The van der Waals surface area contributed by atoms with Gasteiger partial charge in [-0.1, -0.05) is 30.3 Å². The van der Waals surface area contributed by atoms with Crippen molar-refractivity contribution in [2.24, 2.45) is 0 Å². The van der Waals surface area contributed by atoms with E-state index in [1.165, 1.54) is 0 Å². The number of ketones is 1. The minimum Gasteiger partial charge on any atom is -0.486 e. The fourth-order valence-electron chi connectivity index (χ4n) is 2.30. The van der Waals surface area contributed by atoms with E-state index in [1.807, 2.05) is 48.7 Å². The van der Waals surface area contributed by atoms with E-state index in [4.69, 9.17) is 4.74 Å². The number of rotatable bonds is 4. The van der Waals surface area contributed by atoms with E-state index in [0.29, 0.717) is 17.9 Å². The van der Waals surface area contributed by atoms with Gasteiger partial charge in [0.2, 0.25) is 0 Å². The molecule has 106 valence electrons. The predicted molar refractivity (Wildman–Crippen MR) is 85.1 cm³/mol. The maximum Gasteiger partial charge on any atom is 0.163 e. The highest BCUT2D eigenvalue weighted by atomic mass is 32.1. The number of ether oxygens (including phenoxy) is 1. The number of hydrogen-bond acceptors (Lipinski definition) is 4. The molecule has 21 heavy (non-hydrogen) atoms. The summed E-state index contributed by atoms with van der Waals surface area (Å²) >= 11 is 1.60. The molecule has 1 aromatic heterocycles. The maximum atomic E-state index is 11.8. The van der Waals surface area contributed by atoms with Crippen LogP contribution >= 0.6 is 11.3 Å². The van der Waals surface area contributed by atoms with Crippen molar-refractivity contribution in [2.45, 2.75) is 20.5 Å². The van der Waals surface area contributed by atoms with E-state index in [1.54, 1.807) is 18.3 Å². The van der Waals surface area contributed by atoms with E-state index in [0.717, 1.165) is 21.5 Å². The van der Waals surface area contributed by atoms with Crippen molar-refractivity contribution in [3.8, 4) is 5.75 Å².